The Morgan fingerprint density at radius 1 is 0.865 bits per heavy atom. The normalized spacial score (nSPS) is 15.4. The lowest BCUT2D eigenvalue weighted by Crippen LogP contribution is -2.59. The van der Waals surface area contributed by atoms with Crippen LogP contribution in [0.3, 0.4) is 0 Å². The molecule has 37 heavy (non-hydrogen) atoms. The van der Waals surface area contributed by atoms with Crippen molar-refractivity contribution in [1.82, 2.24) is 16.0 Å². The van der Waals surface area contributed by atoms with Crippen LogP contribution in [-0.2, 0) is 30.5 Å². The van der Waals surface area contributed by atoms with Crippen molar-refractivity contribution < 1.29 is 33.8 Å². The van der Waals surface area contributed by atoms with Gasteiger partial charge in [-0.3, -0.25) is 9.59 Å². The first-order valence-electron chi connectivity index (χ1n) is 12.7. The fraction of sp³-hybridized carbons (Fsp3) is 0.630. The third-order valence-electron chi connectivity index (χ3n) is 5.97. The smallest absolute Gasteiger partial charge is 0.408 e. The molecule has 1 aromatic rings. The van der Waals surface area contributed by atoms with E-state index in [4.69, 9.17) is 9.47 Å². The third kappa shape index (κ3) is 11.6. The van der Waals surface area contributed by atoms with Crippen LogP contribution in [0.4, 0.5) is 4.79 Å². The molecule has 3 amide bonds. The Morgan fingerprint density at radius 2 is 1.43 bits per heavy atom. The maximum absolute atomic E-state index is 13.3. The maximum atomic E-state index is 13.3. The van der Waals surface area contributed by atoms with Gasteiger partial charge in [-0.15, -0.1) is 0 Å². The summed E-state index contributed by atoms with van der Waals surface area (Å²) in [6.07, 6.45) is 0.357. The van der Waals surface area contributed by atoms with Gasteiger partial charge in [0.05, 0.1) is 13.2 Å². The van der Waals surface area contributed by atoms with Crippen LogP contribution < -0.4 is 16.0 Å². The lowest BCUT2D eigenvalue weighted by atomic mass is 9.97. The zero-order valence-electron chi connectivity index (χ0n) is 23.0. The second kappa shape index (κ2) is 15.2. The zero-order valence-corrected chi connectivity index (χ0v) is 23.0. The number of hydrogen-bond donors (Lipinski definition) is 4. The van der Waals surface area contributed by atoms with Crippen molar-refractivity contribution in [2.75, 3.05) is 6.61 Å². The van der Waals surface area contributed by atoms with Gasteiger partial charge < -0.3 is 30.5 Å². The Bertz CT molecular complexity index is 886. The van der Waals surface area contributed by atoms with Crippen molar-refractivity contribution in [1.29, 1.82) is 0 Å². The molecule has 0 unspecified atom stereocenters. The van der Waals surface area contributed by atoms with Crippen LogP contribution in [0, 0.1) is 11.8 Å². The number of aliphatic carboxylic acids is 1. The number of nitrogens with one attached hydrogen (secondary N) is 3. The summed E-state index contributed by atoms with van der Waals surface area (Å²) in [4.78, 5) is 50.6. The number of carboxylic acid groups (broad SMARTS) is 1. The van der Waals surface area contributed by atoms with Gasteiger partial charge in [-0.25, -0.2) is 9.59 Å². The van der Waals surface area contributed by atoms with Gasteiger partial charge in [-0.1, -0.05) is 70.9 Å². The summed E-state index contributed by atoms with van der Waals surface area (Å²) in [6, 6.07) is 6.01. The first-order valence-corrected chi connectivity index (χ1v) is 12.7. The van der Waals surface area contributed by atoms with Gasteiger partial charge in [0.15, 0.2) is 0 Å². The van der Waals surface area contributed by atoms with Gasteiger partial charge in [0.25, 0.3) is 0 Å². The first-order chi connectivity index (χ1) is 17.3. The molecule has 0 aromatic heterocycles. The van der Waals surface area contributed by atoms with Crippen molar-refractivity contribution in [2.45, 2.75) is 91.6 Å². The highest BCUT2D eigenvalue weighted by Crippen LogP contribution is 2.13. The van der Waals surface area contributed by atoms with Crippen LogP contribution in [0.2, 0.25) is 0 Å². The number of carbonyl (C=O) groups excluding carboxylic acids is 3. The van der Waals surface area contributed by atoms with Gasteiger partial charge in [-0.2, -0.15) is 0 Å². The number of benzene rings is 1. The van der Waals surface area contributed by atoms with Gasteiger partial charge in [-0.05, 0) is 38.2 Å². The molecule has 0 aliphatic carbocycles. The summed E-state index contributed by atoms with van der Waals surface area (Å²) in [5, 5.41) is 17.4. The van der Waals surface area contributed by atoms with E-state index in [0.717, 1.165) is 5.56 Å². The number of rotatable bonds is 14. The average molecular weight is 522 g/mol. The summed E-state index contributed by atoms with van der Waals surface area (Å²) in [5.41, 5.74) is 0.121. The third-order valence-corrected chi connectivity index (χ3v) is 5.97. The van der Waals surface area contributed by atoms with Crippen molar-refractivity contribution >= 4 is 23.9 Å². The van der Waals surface area contributed by atoms with Gasteiger partial charge in [0.2, 0.25) is 11.8 Å². The van der Waals surface area contributed by atoms with E-state index in [9.17, 15) is 24.3 Å². The topological polar surface area (TPSA) is 143 Å². The molecule has 0 spiro atoms. The van der Waals surface area contributed by atoms with E-state index in [1.54, 1.807) is 34.6 Å². The average Bonchev–Trinajstić information content (AvgIpc) is 2.83. The van der Waals surface area contributed by atoms with Crippen LogP contribution in [0.5, 0.6) is 0 Å². The summed E-state index contributed by atoms with van der Waals surface area (Å²) < 4.78 is 11.0. The Labute approximate surface area is 219 Å². The molecule has 1 aromatic carbocycles. The fourth-order valence-corrected chi connectivity index (χ4v) is 3.39. The number of hydrogen-bond acceptors (Lipinski definition) is 6. The molecular formula is C27H43N3O7. The van der Waals surface area contributed by atoms with E-state index >= 15 is 0 Å². The highest BCUT2D eigenvalue weighted by molar-refractivity contribution is 5.93. The van der Waals surface area contributed by atoms with E-state index in [1.807, 2.05) is 44.2 Å². The highest BCUT2D eigenvalue weighted by Gasteiger charge is 2.33. The van der Waals surface area contributed by atoms with Gasteiger partial charge >= 0.3 is 12.1 Å². The molecule has 1 rings (SSSR count). The highest BCUT2D eigenvalue weighted by atomic mass is 16.6. The molecule has 0 aliphatic heterocycles. The van der Waals surface area contributed by atoms with Crippen molar-refractivity contribution in [3.8, 4) is 0 Å². The summed E-state index contributed by atoms with van der Waals surface area (Å²) in [5.74, 6) is -3.05. The zero-order chi connectivity index (χ0) is 28.2. The Balaban J connectivity index is 3.08. The maximum Gasteiger partial charge on any atom is 0.408 e. The van der Waals surface area contributed by atoms with E-state index in [2.05, 4.69) is 16.0 Å². The van der Waals surface area contributed by atoms with Crippen LogP contribution in [0.25, 0.3) is 0 Å². The second-order valence-electron chi connectivity index (χ2n) is 10.3. The molecule has 10 nitrogen and oxygen atoms in total. The summed E-state index contributed by atoms with van der Waals surface area (Å²) in [7, 11) is 0. The lowest BCUT2D eigenvalue weighted by Gasteiger charge is -2.29. The number of amides is 3. The van der Waals surface area contributed by atoms with Crippen LogP contribution in [-0.4, -0.2) is 59.3 Å². The lowest BCUT2D eigenvalue weighted by molar-refractivity contribution is -0.144. The number of alkyl carbamates (subject to hydrolysis) is 1. The molecular weight excluding hydrogens is 478 g/mol. The SMILES string of the molecule is CC[C@H](C)[C@H](NC(=O)[C@H](COCc1ccccc1)NC(=O)[C@@H](NC(=O)OC(C)(C)C)[C@@H](C)CC)C(=O)O. The molecule has 0 bridgehead atoms. The predicted octanol–water partition coefficient (Wildman–Crippen LogP) is 3.24. The van der Waals surface area contributed by atoms with Gasteiger partial charge in [0, 0.05) is 0 Å². The molecule has 208 valence electrons. The minimum Gasteiger partial charge on any atom is -0.480 e. The van der Waals surface area contributed by atoms with Crippen LogP contribution in [0.15, 0.2) is 30.3 Å². The predicted molar refractivity (Wildman–Crippen MR) is 140 cm³/mol. The molecule has 0 saturated heterocycles. The van der Waals surface area contributed by atoms with Crippen molar-refractivity contribution in [3.63, 3.8) is 0 Å². The quantitative estimate of drug-likeness (QED) is 0.294. The largest absolute Gasteiger partial charge is 0.480 e. The Morgan fingerprint density at radius 3 is 1.95 bits per heavy atom. The molecule has 0 aliphatic rings. The number of carbonyl (C=O) groups is 4. The van der Waals surface area contributed by atoms with Crippen molar-refractivity contribution in [2.24, 2.45) is 11.8 Å². The number of ether oxygens (including phenoxy) is 2. The molecule has 0 radical (unpaired) electrons. The monoisotopic (exact) mass is 521 g/mol. The number of carboxylic acids is 1. The Hall–Kier alpha value is -3.14. The van der Waals surface area contributed by atoms with E-state index in [0.29, 0.717) is 12.8 Å². The van der Waals surface area contributed by atoms with Crippen LogP contribution >= 0.6 is 0 Å². The van der Waals surface area contributed by atoms with Crippen LogP contribution in [0.1, 0.15) is 66.9 Å². The van der Waals surface area contributed by atoms with E-state index < -0.39 is 47.6 Å². The first kappa shape index (κ1) is 31.9. The second-order valence-corrected chi connectivity index (χ2v) is 10.3. The van der Waals surface area contributed by atoms with Gasteiger partial charge in [0.1, 0.15) is 23.7 Å². The minimum absolute atomic E-state index is 0.194. The van der Waals surface area contributed by atoms with Crippen molar-refractivity contribution in [3.05, 3.63) is 35.9 Å². The van der Waals surface area contributed by atoms with E-state index in [-0.39, 0.29) is 25.0 Å². The summed E-state index contributed by atoms with van der Waals surface area (Å²) in [6.45, 7) is 12.4. The molecule has 0 saturated carbocycles. The molecule has 4 N–H and O–H groups in total. The molecule has 5 atom stereocenters. The molecule has 10 heteroatoms. The fourth-order valence-electron chi connectivity index (χ4n) is 3.39. The minimum atomic E-state index is -1.19. The summed E-state index contributed by atoms with van der Waals surface area (Å²) >= 11 is 0. The van der Waals surface area contributed by atoms with E-state index in [1.165, 1.54) is 0 Å². The molecule has 0 heterocycles. The Kier molecular flexibility index (Phi) is 13.1. The molecule has 0 fully saturated rings. The standard InChI is InChI=1S/C27H43N3O7/c1-8-17(3)21(30-26(35)37-27(5,6)7)24(32)28-20(16-36-15-19-13-11-10-12-14-19)23(31)29-22(25(33)34)18(4)9-2/h10-14,17-18,20-22H,8-9,15-16H2,1-7H3,(H,28,32)(H,29,31)(H,30,35)(H,33,34)/t17-,18-,20-,21-,22-/m0/s1.